The first-order valence-corrected chi connectivity index (χ1v) is 14.7. The minimum Gasteiger partial charge on any atom is -0.392 e. The second-order valence-corrected chi connectivity index (χ2v) is 11.7. The van der Waals surface area contributed by atoms with Gasteiger partial charge in [-0.15, -0.1) is 0 Å². The maximum absolute atomic E-state index is 15.4. The summed E-state index contributed by atoms with van der Waals surface area (Å²) in [5, 5.41) is 32.5. The number of halogens is 1. The minimum atomic E-state index is -0.938. The van der Waals surface area contributed by atoms with Crippen LogP contribution in [0.2, 0.25) is 0 Å². The van der Waals surface area contributed by atoms with Gasteiger partial charge in [0.2, 0.25) is 0 Å². The fraction of sp³-hybridized carbons (Fsp3) is 0.303. The first-order valence-electron chi connectivity index (χ1n) is 14.7. The summed E-state index contributed by atoms with van der Waals surface area (Å²) in [6, 6.07) is 15.3. The maximum Gasteiger partial charge on any atom is 0.290 e. The van der Waals surface area contributed by atoms with Gasteiger partial charge in [-0.25, -0.2) is 9.07 Å². The van der Waals surface area contributed by atoms with Gasteiger partial charge in [0.1, 0.15) is 11.5 Å². The SMILES string of the molecule is CCN1CCn2nc(Nc3cc(-c4cccc(-n5ccc6cc(C(C)(C)C#N)cc(F)c6c5=O)c4CO)nn(C)c3=O)cc2C1. The van der Waals surface area contributed by atoms with Gasteiger partial charge in [0.15, 0.2) is 5.82 Å². The van der Waals surface area contributed by atoms with Crippen LogP contribution in [0, 0.1) is 17.1 Å². The number of nitriles is 1. The number of aliphatic hydroxyl groups is 1. The third-order valence-electron chi connectivity index (χ3n) is 8.45. The summed E-state index contributed by atoms with van der Waals surface area (Å²) >= 11 is 0. The highest BCUT2D eigenvalue weighted by atomic mass is 19.1. The van der Waals surface area contributed by atoms with E-state index in [9.17, 15) is 20.0 Å². The Hall–Kier alpha value is -5.12. The van der Waals surface area contributed by atoms with E-state index in [0.29, 0.717) is 39.3 Å². The van der Waals surface area contributed by atoms with Gasteiger partial charge >= 0.3 is 0 Å². The fourth-order valence-electron chi connectivity index (χ4n) is 5.77. The van der Waals surface area contributed by atoms with Crippen molar-refractivity contribution < 1.29 is 9.50 Å². The lowest BCUT2D eigenvalue weighted by Crippen LogP contribution is -2.33. The maximum atomic E-state index is 15.4. The van der Waals surface area contributed by atoms with E-state index in [1.807, 2.05) is 10.7 Å². The van der Waals surface area contributed by atoms with Crippen LogP contribution in [0.3, 0.4) is 0 Å². The molecule has 0 fully saturated rings. The van der Waals surface area contributed by atoms with Crippen molar-refractivity contribution in [1.29, 1.82) is 5.26 Å². The highest BCUT2D eigenvalue weighted by molar-refractivity contribution is 5.84. The number of anilines is 2. The molecule has 4 heterocycles. The van der Waals surface area contributed by atoms with E-state index in [-0.39, 0.29) is 16.6 Å². The van der Waals surface area contributed by atoms with Crippen molar-refractivity contribution >= 4 is 22.3 Å². The number of nitrogens with one attached hydrogen (secondary N) is 1. The van der Waals surface area contributed by atoms with Crippen LogP contribution in [-0.2, 0) is 32.2 Å². The van der Waals surface area contributed by atoms with E-state index in [0.717, 1.165) is 31.9 Å². The number of likely N-dealkylation sites (N-methyl/N-ethyl adjacent to an activating group) is 1. The third-order valence-corrected chi connectivity index (χ3v) is 8.45. The molecule has 0 saturated heterocycles. The molecule has 0 amide bonds. The summed E-state index contributed by atoms with van der Waals surface area (Å²) in [7, 11) is 1.54. The molecular formula is C33H33FN8O3. The van der Waals surface area contributed by atoms with Gasteiger partial charge in [0, 0.05) is 43.5 Å². The summed E-state index contributed by atoms with van der Waals surface area (Å²) in [6.45, 7) is 8.41. The minimum absolute atomic E-state index is 0.124. The Balaban J connectivity index is 1.42. The van der Waals surface area contributed by atoms with Gasteiger partial charge in [-0.05, 0) is 61.7 Å². The van der Waals surface area contributed by atoms with Crippen molar-refractivity contribution in [3.63, 3.8) is 0 Å². The average molecular weight is 609 g/mol. The molecule has 1 aliphatic heterocycles. The fourth-order valence-corrected chi connectivity index (χ4v) is 5.77. The van der Waals surface area contributed by atoms with Gasteiger partial charge in [0.25, 0.3) is 11.1 Å². The predicted octanol–water partition coefficient (Wildman–Crippen LogP) is 3.96. The monoisotopic (exact) mass is 608 g/mol. The molecule has 1 aliphatic rings. The predicted molar refractivity (Wildman–Crippen MR) is 169 cm³/mol. The van der Waals surface area contributed by atoms with Crippen LogP contribution in [0.5, 0.6) is 0 Å². The molecule has 5 aromatic rings. The van der Waals surface area contributed by atoms with E-state index >= 15 is 4.39 Å². The highest BCUT2D eigenvalue weighted by Crippen LogP contribution is 2.30. The van der Waals surface area contributed by atoms with Gasteiger partial charge < -0.3 is 10.4 Å². The van der Waals surface area contributed by atoms with Gasteiger partial charge in [-0.1, -0.05) is 19.1 Å². The zero-order chi connectivity index (χ0) is 32.0. The van der Waals surface area contributed by atoms with Gasteiger partial charge in [-0.3, -0.25) is 23.7 Å². The summed E-state index contributed by atoms with van der Waals surface area (Å²) in [5.74, 6) is -0.190. The molecule has 0 bridgehead atoms. The molecule has 2 aromatic carbocycles. The number of aromatic nitrogens is 5. The van der Waals surface area contributed by atoms with E-state index in [1.54, 1.807) is 50.2 Å². The quantitative estimate of drug-likeness (QED) is 0.284. The molecular weight excluding hydrogens is 575 g/mol. The average Bonchev–Trinajstić information content (AvgIpc) is 3.44. The number of hydrogen-bond donors (Lipinski definition) is 2. The number of hydrogen-bond acceptors (Lipinski definition) is 8. The number of benzene rings is 2. The molecule has 6 rings (SSSR count). The molecule has 230 valence electrons. The van der Waals surface area contributed by atoms with Crippen LogP contribution >= 0.6 is 0 Å². The van der Waals surface area contributed by atoms with Crippen molar-refractivity contribution in [3.8, 4) is 23.0 Å². The summed E-state index contributed by atoms with van der Waals surface area (Å²) < 4.78 is 19.8. The van der Waals surface area contributed by atoms with Crippen molar-refractivity contribution in [2.24, 2.45) is 7.05 Å². The zero-order valence-corrected chi connectivity index (χ0v) is 25.5. The Bertz CT molecular complexity index is 2120. The zero-order valence-electron chi connectivity index (χ0n) is 25.5. The molecule has 0 saturated carbocycles. The lowest BCUT2D eigenvalue weighted by Gasteiger charge is -2.25. The molecule has 0 radical (unpaired) electrons. The summed E-state index contributed by atoms with van der Waals surface area (Å²) in [4.78, 5) is 29.1. The molecule has 3 aromatic heterocycles. The molecule has 0 unspecified atom stereocenters. The molecule has 45 heavy (non-hydrogen) atoms. The third kappa shape index (κ3) is 5.30. The van der Waals surface area contributed by atoms with E-state index in [1.165, 1.54) is 28.6 Å². The van der Waals surface area contributed by atoms with Crippen molar-refractivity contribution in [1.82, 2.24) is 29.0 Å². The van der Waals surface area contributed by atoms with Gasteiger partial charge in [0.05, 0.1) is 47.1 Å². The molecule has 12 heteroatoms. The first kappa shape index (κ1) is 29.9. The number of aliphatic hydroxyl groups excluding tert-OH is 1. The summed E-state index contributed by atoms with van der Waals surface area (Å²) in [6.07, 6.45) is 1.52. The number of rotatable bonds is 7. The van der Waals surface area contributed by atoms with Crippen LogP contribution in [0.15, 0.2) is 64.3 Å². The molecule has 0 spiro atoms. The number of aryl methyl sites for hydroxylation is 1. The summed E-state index contributed by atoms with van der Waals surface area (Å²) in [5.41, 5.74) is 1.45. The molecule has 2 N–H and O–H groups in total. The van der Waals surface area contributed by atoms with E-state index in [4.69, 9.17) is 0 Å². The molecule has 0 atom stereocenters. The number of pyridine rings is 1. The van der Waals surface area contributed by atoms with Crippen LogP contribution < -0.4 is 16.4 Å². The topological polar surface area (TPSA) is 134 Å². The van der Waals surface area contributed by atoms with E-state index < -0.39 is 23.4 Å². The van der Waals surface area contributed by atoms with Crippen LogP contribution in [0.25, 0.3) is 27.7 Å². The van der Waals surface area contributed by atoms with Gasteiger partial charge in [-0.2, -0.15) is 15.5 Å². The lowest BCUT2D eigenvalue weighted by molar-refractivity contribution is 0.224. The Morgan fingerprint density at radius 1 is 1.09 bits per heavy atom. The van der Waals surface area contributed by atoms with E-state index in [2.05, 4.69) is 33.4 Å². The van der Waals surface area contributed by atoms with Crippen molar-refractivity contribution in [2.45, 2.75) is 45.9 Å². The molecule has 11 nitrogen and oxygen atoms in total. The second-order valence-electron chi connectivity index (χ2n) is 11.7. The van der Waals surface area contributed by atoms with Crippen molar-refractivity contribution in [2.75, 3.05) is 18.4 Å². The van der Waals surface area contributed by atoms with Crippen LogP contribution in [-0.4, -0.2) is 47.2 Å². The lowest BCUT2D eigenvalue weighted by atomic mass is 9.85. The molecule has 0 aliphatic carbocycles. The Morgan fingerprint density at radius 3 is 2.62 bits per heavy atom. The Morgan fingerprint density at radius 2 is 1.89 bits per heavy atom. The Labute approximate surface area is 258 Å². The normalized spacial score (nSPS) is 13.5. The first-order chi connectivity index (χ1) is 21.5. The number of fused-ring (bicyclic) bond motifs is 2. The highest BCUT2D eigenvalue weighted by Gasteiger charge is 2.24. The number of nitrogens with zero attached hydrogens (tertiary/aromatic N) is 7. The van der Waals surface area contributed by atoms with Crippen molar-refractivity contribution in [3.05, 3.63) is 98.1 Å². The smallest absolute Gasteiger partial charge is 0.290 e. The largest absolute Gasteiger partial charge is 0.392 e. The standard InChI is InChI=1S/C33H33FN8O3/c1-5-40-11-12-42-22(17-40)15-29(38-42)36-27-16-26(37-39(4)31(27)44)23-7-6-8-28(24(23)18-43)41-10-9-20-13-21(33(2,3)19-35)14-25(34)30(20)32(41)45/h6-10,13-16,43H,5,11-12,17-18H2,1-4H3,(H,36,38). The van der Waals surface area contributed by atoms with Crippen LogP contribution in [0.4, 0.5) is 15.9 Å². The second kappa shape index (κ2) is 11.4. The van der Waals surface area contributed by atoms with Crippen LogP contribution in [0.1, 0.15) is 37.6 Å². The Kier molecular flexibility index (Phi) is 7.60.